The minimum Gasteiger partial charge on any atom is -0.756 e. The second kappa shape index (κ2) is 65.9. The lowest BCUT2D eigenvalue weighted by molar-refractivity contribution is -0.870. The number of carbonyl (C=O) groups excluding carboxylic acids is 2. The van der Waals surface area contributed by atoms with E-state index in [2.05, 4.69) is 38.2 Å². The largest absolute Gasteiger partial charge is 0.756 e. The summed E-state index contributed by atoms with van der Waals surface area (Å²) in [6.07, 6.45) is 83.0. The predicted molar refractivity (Wildman–Crippen MR) is 361 cm³/mol. The number of ether oxygens (including phenoxy) is 2. The van der Waals surface area contributed by atoms with Crippen molar-refractivity contribution < 1.29 is 42.1 Å². The average molecular weight is 1210 g/mol. The summed E-state index contributed by atoms with van der Waals surface area (Å²) in [4.78, 5) is 38.0. The molecule has 10 heteroatoms. The lowest BCUT2D eigenvalue weighted by Gasteiger charge is -2.28. The quantitative estimate of drug-likeness (QED) is 0.0195. The van der Waals surface area contributed by atoms with Gasteiger partial charge in [-0.25, -0.2) is 0 Å². The maximum absolute atomic E-state index is 12.8. The van der Waals surface area contributed by atoms with E-state index in [-0.39, 0.29) is 32.0 Å². The summed E-state index contributed by atoms with van der Waals surface area (Å²) in [6.45, 7) is 4.30. The maximum atomic E-state index is 12.8. The molecule has 84 heavy (non-hydrogen) atoms. The molecular formula is C74H144NO8P. The maximum Gasteiger partial charge on any atom is 0.306 e. The smallest absolute Gasteiger partial charge is 0.306 e. The van der Waals surface area contributed by atoms with E-state index >= 15 is 0 Å². The summed E-state index contributed by atoms with van der Waals surface area (Å²) in [5.74, 6) is -0.817. The van der Waals surface area contributed by atoms with Crippen molar-refractivity contribution in [3.8, 4) is 0 Å². The Morgan fingerprint density at radius 2 is 0.643 bits per heavy atom. The number of carbonyl (C=O) groups is 2. The first kappa shape index (κ1) is 82.5. The number of esters is 2. The molecule has 0 amide bonds. The highest BCUT2D eigenvalue weighted by molar-refractivity contribution is 7.45. The topological polar surface area (TPSA) is 111 Å². The number of rotatable bonds is 70. The highest BCUT2D eigenvalue weighted by atomic mass is 31.2. The van der Waals surface area contributed by atoms with E-state index in [9.17, 15) is 19.0 Å². The van der Waals surface area contributed by atoms with Crippen molar-refractivity contribution in [2.45, 2.75) is 392 Å². The molecule has 9 nitrogen and oxygen atoms in total. The van der Waals surface area contributed by atoms with Gasteiger partial charge in [0.1, 0.15) is 19.8 Å². The molecule has 0 aromatic rings. The van der Waals surface area contributed by atoms with E-state index in [0.717, 1.165) is 51.4 Å². The zero-order valence-corrected chi connectivity index (χ0v) is 57.8. The minimum absolute atomic E-state index is 0.0290. The van der Waals surface area contributed by atoms with Crippen LogP contribution in [0.2, 0.25) is 0 Å². The number of unbranched alkanes of at least 4 members (excludes halogenated alkanes) is 52. The van der Waals surface area contributed by atoms with Crippen LogP contribution < -0.4 is 4.89 Å². The average Bonchev–Trinajstić information content (AvgIpc) is 3.61. The third-order valence-electron chi connectivity index (χ3n) is 17.0. The van der Waals surface area contributed by atoms with Crippen LogP contribution in [-0.4, -0.2) is 70.0 Å². The number of quaternary nitrogens is 1. The molecular weight excluding hydrogens is 1060 g/mol. The molecule has 0 radical (unpaired) electrons. The van der Waals surface area contributed by atoms with Gasteiger partial charge in [-0.05, 0) is 44.9 Å². The fraction of sp³-hybridized carbons (Fsp3) is 0.919. The second-order valence-corrected chi connectivity index (χ2v) is 28.1. The molecule has 0 aromatic heterocycles. The van der Waals surface area contributed by atoms with Crippen molar-refractivity contribution in [1.29, 1.82) is 0 Å². The van der Waals surface area contributed by atoms with Gasteiger partial charge in [0.2, 0.25) is 0 Å². The Morgan fingerprint density at radius 1 is 0.369 bits per heavy atom. The Hall–Kier alpha value is -1.51. The Morgan fingerprint density at radius 3 is 0.940 bits per heavy atom. The van der Waals surface area contributed by atoms with E-state index in [1.165, 1.54) is 302 Å². The SMILES string of the molecule is CCCCCCC/C=C\C/C=C\CCCCCCCCCCCC(=O)OC(COC(=O)CCCCCCCCCCCCCCCCCCCCCCCCCCCCCCCCCCCCCCCCC)COP(=O)([O-])OCC[N+](C)(C)C. The molecule has 0 saturated heterocycles. The molecule has 0 fully saturated rings. The fourth-order valence-corrected chi connectivity index (χ4v) is 12.0. The van der Waals surface area contributed by atoms with Gasteiger partial charge in [-0.3, -0.25) is 14.2 Å². The number of likely N-dealkylation sites (N-methyl/N-ethyl adjacent to an activating group) is 1. The number of hydrogen-bond donors (Lipinski definition) is 0. The summed E-state index contributed by atoms with van der Waals surface area (Å²) in [6, 6.07) is 0. The molecule has 2 unspecified atom stereocenters. The molecule has 0 aliphatic carbocycles. The van der Waals surface area contributed by atoms with Gasteiger partial charge in [-0.15, -0.1) is 0 Å². The first-order chi connectivity index (χ1) is 41.0. The van der Waals surface area contributed by atoms with Crippen LogP contribution in [0, 0.1) is 0 Å². The summed E-state index contributed by atoms with van der Waals surface area (Å²) < 4.78 is 34.3. The molecule has 498 valence electrons. The molecule has 2 atom stereocenters. The third kappa shape index (κ3) is 69.6. The van der Waals surface area contributed by atoms with Gasteiger partial charge >= 0.3 is 11.9 Å². The monoisotopic (exact) mass is 1210 g/mol. The van der Waals surface area contributed by atoms with Crippen LogP contribution in [0.5, 0.6) is 0 Å². The lowest BCUT2D eigenvalue weighted by Crippen LogP contribution is -2.37. The van der Waals surface area contributed by atoms with Gasteiger partial charge in [-0.2, -0.15) is 0 Å². The molecule has 0 rings (SSSR count). The van der Waals surface area contributed by atoms with Crippen molar-refractivity contribution in [3.63, 3.8) is 0 Å². The van der Waals surface area contributed by atoms with Crippen LogP contribution >= 0.6 is 7.82 Å². The zero-order chi connectivity index (χ0) is 61.2. The number of hydrogen-bond acceptors (Lipinski definition) is 8. The van der Waals surface area contributed by atoms with Crippen LogP contribution in [0.25, 0.3) is 0 Å². The lowest BCUT2D eigenvalue weighted by atomic mass is 10.0. The Kier molecular flexibility index (Phi) is 64.7. The van der Waals surface area contributed by atoms with Gasteiger partial charge in [0.15, 0.2) is 6.10 Å². The van der Waals surface area contributed by atoms with E-state index < -0.39 is 26.5 Å². The Balaban J connectivity index is 3.87. The summed E-state index contributed by atoms with van der Waals surface area (Å²) in [5.41, 5.74) is 0. The molecule has 0 aliphatic rings. The van der Waals surface area contributed by atoms with Crippen LogP contribution in [0.3, 0.4) is 0 Å². The van der Waals surface area contributed by atoms with Crippen LogP contribution in [0.15, 0.2) is 24.3 Å². The molecule has 0 aromatic carbocycles. The molecule has 0 saturated carbocycles. The van der Waals surface area contributed by atoms with E-state index in [1.54, 1.807) is 0 Å². The van der Waals surface area contributed by atoms with E-state index in [4.69, 9.17) is 18.5 Å². The molecule has 0 bridgehead atoms. The standard InChI is InChI=1S/C74H144NO8P/c1-6-8-10-12-14-16-18-20-22-24-26-28-29-30-31-32-33-34-35-36-37-38-39-40-41-42-43-44-45-47-48-50-52-54-56-58-60-62-64-66-73(76)80-70-72(71-82-84(78,79)81-69-68-75(3,4)5)83-74(77)67-65-63-61-59-57-55-53-51-49-46-27-25-23-21-19-17-15-13-11-9-7-2/h19,21,25,27,72H,6-18,20,22-24,26,28-71H2,1-5H3/b21-19-,27-25-. The highest BCUT2D eigenvalue weighted by Crippen LogP contribution is 2.38. The first-order valence-electron chi connectivity index (χ1n) is 37.0. The minimum atomic E-state index is -4.64. The predicted octanol–water partition coefficient (Wildman–Crippen LogP) is 23.4. The van der Waals surface area contributed by atoms with E-state index in [0.29, 0.717) is 17.4 Å². The summed E-state index contributed by atoms with van der Waals surface area (Å²) in [7, 11) is 1.18. The zero-order valence-electron chi connectivity index (χ0n) is 56.9. The van der Waals surface area contributed by atoms with Crippen LogP contribution in [0.1, 0.15) is 386 Å². The normalized spacial score (nSPS) is 13.2. The molecule has 0 spiro atoms. The Labute approximate surface area is 523 Å². The third-order valence-corrected chi connectivity index (χ3v) is 17.9. The first-order valence-corrected chi connectivity index (χ1v) is 38.5. The number of phosphoric ester groups is 1. The number of phosphoric acid groups is 1. The molecule has 0 aliphatic heterocycles. The molecule has 0 N–H and O–H groups in total. The van der Waals surface area contributed by atoms with Gasteiger partial charge in [0.25, 0.3) is 7.82 Å². The van der Waals surface area contributed by atoms with E-state index in [1.807, 2.05) is 21.1 Å². The molecule has 0 heterocycles. The summed E-state index contributed by atoms with van der Waals surface area (Å²) >= 11 is 0. The van der Waals surface area contributed by atoms with Gasteiger partial charge in [0.05, 0.1) is 27.7 Å². The van der Waals surface area contributed by atoms with Gasteiger partial charge in [0, 0.05) is 12.8 Å². The van der Waals surface area contributed by atoms with Crippen molar-refractivity contribution in [2.24, 2.45) is 0 Å². The van der Waals surface area contributed by atoms with Gasteiger partial charge < -0.3 is 27.9 Å². The highest BCUT2D eigenvalue weighted by Gasteiger charge is 2.22. The summed E-state index contributed by atoms with van der Waals surface area (Å²) in [5, 5.41) is 0. The van der Waals surface area contributed by atoms with Crippen molar-refractivity contribution in [3.05, 3.63) is 24.3 Å². The van der Waals surface area contributed by atoms with Crippen molar-refractivity contribution in [2.75, 3.05) is 47.5 Å². The van der Waals surface area contributed by atoms with Crippen molar-refractivity contribution in [1.82, 2.24) is 0 Å². The van der Waals surface area contributed by atoms with Crippen LogP contribution in [-0.2, 0) is 32.7 Å². The second-order valence-electron chi connectivity index (χ2n) is 26.7. The number of nitrogens with zero attached hydrogens (tertiary/aromatic N) is 1. The van der Waals surface area contributed by atoms with Crippen molar-refractivity contribution >= 4 is 19.8 Å². The Bertz CT molecular complexity index is 1460. The van der Waals surface area contributed by atoms with Gasteiger partial charge in [-0.1, -0.05) is 353 Å². The number of allylic oxidation sites excluding steroid dienone is 4. The fourth-order valence-electron chi connectivity index (χ4n) is 11.3. The van der Waals surface area contributed by atoms with Crippen LogP contribution in [0.4, 0.5) is 0 Å².